The molecule has 0 fully saturated rings. The summed E-state index contributed by atoms with van der Waals surface area (Å²) in [4.78, 5) is 27.4. The maximum atomic E-state index is 12.8. The van der Waals surface area contributed by atoms with Gasteiger partial charge in [-0.2, -0.15) is 5.10 Å². The SMILES string of the molecule is CCOc1ccccc1NC(=O)c1ccc(CN2C(=O)CCn3nc(-c4ccc(OC)cc4)cc32)cc1. The zero-order chi connectivity index (χ0) is 25.8. The molecule has 0 spiro atoms. The van der Waals surface area contributed by atoms with Gasteiger partial charge in [0, 0.05) is 23.6 Å². The second-order valence-corrected chi connectivity index (χ2v) is 8.65. The summed E-state index contributed by atoms with van der Waals surface area (Å²) in [6.45, 7) is 3.35. The number of para-hydroxylation sites is 2. The predicted molar refractivity (Wildman–Crippen MR) is 142 cm³/mol. The van der Waals surface area contributed by atoms with E-state index in [2.05, 4.69) is 5.32 Å². The quantitative estimate of drug-likeness (QED) is 0.365. The number of carbonyl (C=O) groups is 2. The van der Waals surface area contributed by atoms with Crippen molar-refractivity contribution < 1.29 is 19.1 Å². The van der Waals surface area contributed by atoms with Gasteiger partial charge in [-0.05, 0) is 61.0 Å². The summed E-state index contributed by atoms with van der Waals surface area (Å²) in [6, 6.07) is 24.3. The zero-order valence-electron chi connectivity index (χ0n) is 20.8. The molecular formula is C29H28N4O4. The number of aromatic nitrogens is 2. The van der Waals surface area contributed by atoms with Gasteiger partial charge in [0.2, 0.25) is 5.91 Å². The number of benzene rings is 3. The highest BCUT2D eigenvalue weighted by Crippen LogP contribution is 2.30. The lowest BCUT2D eigenvalue weighted by Gasteiger charge is -2.27. The molecule has 188 valence electrons. The third kappa shape index (κ3) is 5.18. The van der Waals surface area contributed by atoms with E-state index >= 15 is 0 Å². The van der Waals surface area contributed by atoms with Crippen LogP contribution >= 0.6 is 0 Å². The number of methoxy groups -OCH3 is 1. The average Bonchev–Trinajstić information content (AvgIpc) is 3.37. The Bertz CT molecular complexity index is 1410. The molecule has 2 heterocycles. The number of rotatable bonds is 8. The van der Waals surface area contributed by atoms with Crippen LogP contribution in [0.3, 0.4) is 0 Å². The molecule has 4 aromatic rings. The third-order valence-corrected chi connectivity index (χ3v) is 6.25. The Morgan fingerprint density at radius 1 is 1.03 bits per heavy atom. The summed E-state index contributed by atoms with van der Waals surface area (Å²) in [5.41, 5.74) is 3.82. The van der Waals surface area contributed by atoms with Crippen LogP contribution in [0.5, 0.6) is 11.5 Å². The summed E-state index contributed by atoms with van der Waals surface area (Å²) >= 11 is 0. The number of ether oxygens (including phenoxy) is 2. The van der Waals surface area contributed by atoms with Gasteiger partial charge in [0.1, 0.15) is 17.3 Å². The Morgan fingerprint density at radius 3 is 2.51 bits per heavy atom. The number of nitrogens with one attached hydrogen (secondary N) is 1. The smallest absolute Gasteiger partial charge is 0.255 e. The Morgan fingerprint density at radius 2 is 1.78 bits per heavy atom. The summed E-state index contributed by atoms with van der Waals surface area (Å²) in [7, 11) is 1.63. The molecule has 3 aromatic carbocycles. The van der Waals surface area contributed by atoms with E-state index in [9.17, 15) is 9.59 Å². The number of anilines is 2. The van der Waals surface area contributed by atoms with E-state index in [-0.39, 0.29) is 11.8 Å². The molecule has 0 bridgehead atoms. The molecule has 8 nitrogen and oxygen atoms in total. The molecular weight excluding hydrogens is 468 g/mol. The monoisotopic (exact) mass is 496 g/mol. The van der Waals surface area contributed by atoms with E-state index in [1.165, 1.54) is 0 Å². The standard InChI is InChI=1S/C29H28N4O4/c1-3-37-26-7-5-4-6-24(26)30-29(35)22-10-8-20(9-11-22)19-32-27-18-25(31-33(27)17-16-28(32)34)21-12-14-23(36-2)15-13-21/h4-15,18H,3,16-17,19H2,1-2H3,(H,30,35). The Labute approximate surface area is 215 Å². The maximum absolute atomic E-state index is 12.8. The first-order chi connectivity index (χ1) is 18.1. The van der Waals surface area contributed by atoms with Gasteiger partial charge in [-0.15, -0.1) is 0 Å². The lowest BCUT2D eigenvalue weighted by atomic mass is 10.1. The highest BCUT2D eigenvalue weighted by atomic mass is 16.5. The lowest BCUT2D eigenvalue weighted by molar-refractivity contribution is -0.119. The van der Waals surface area contributed by atoms with Crippen LogP contribution in [-0.2, 0) is 17.9 Å². The minimum Gasteiger partial charge on any atom is -0.497 e. The fraction of sp³-hybridized carbons (Fsp3) is 0.207. The Hall–Kier alpha value is -4.59. The molecule has 37 heavy (non-hydrogen) atoms. The van der Waals surface area contributed by atoms with Crippen molar-refractivity contribution >= 4 is 23.3 Å². The van der Waals surface area contributed by atoms with E-state index in [1.54, 1.807) is 24.1 Å². The number of hydrogen-bond acceptors (Lipinski definition) is 5. The maximum Gasteiger partial charge on any atom is 0.255 e. The van der Waals surface area contributed by atoms with Gasteiger partial charge in [-0.25, -0.2) is 4.68 Å². The zero-order valence-corrected chi connectivity index (χ0v) is 20.8. The minimum absolute atomic E-state index is 0.0445. The summed E-state index contributed by atoms with van der Waals surface area (Å²) in [6.07, 6.45) is 0.385. The van der Waals surface area contributed by atoms with Crippen molar-refractivity contribution in [1.29, 1.82) is 0 Å². The first kappa shape index (κ1) is 24.1. The molecule has 0 saturated carbocycles. The molecule has 1 N–H and O–H groups in total. The van der Waals surface area contributed by atoms with Gasteiger partial charge < -0.3 is 14.8 Å². The van der Waals surface area contributed by atoms with Gasteiger partial charge in [-0.3, -0.25) is 14.5 Å². The number of amides is 2. The minimum atomic E-state index is -0.227. The first-order valence-electron chi connectivity index (χ1n) is 12.2. The lowest BCUT2D eigenvalue weighted by Crippen LogP contribution is -2.36. The molecule has 2 amide bonds. The van der Waals surface area contributed by atoms with Gasteiger partial charge >= 0.3 is 0 Å². The van der Waals surface area contributed by atoms with Gasteiger partial charge in [0.25, 0.3) is 5.91 Å². The highest BCUT2D eigenvalue weighted by Gasteiger charge is 2.26. The molecule has 0 atom stereocenters. The van der Waals surface area contributed by atoms with Crippen LogP contribution in [-0.4, -0.2) is 35.3 Å². The van der Waals surface area contributed by atoms with Crippen LogP contribution in [0.4, 0.5) is 11.5 Å². The number of nitrogens with zero attached hydrogens (tertiary/aromatic N) is 3. The summed E-state index contributed by atoms with van der Waals surface area (Å²) in [5.74, 6) is 1.98. The number of aryl methyl sites for hydroxylation is 1. The van der Waals surface area contributed by atoms with Gasteiger partial charge in [0.05, 0.1) is 38.2 Å². The predicted octanol–water partition coefficient (Wildman–Crippen LogP) is 5.15. The Kier molecular flexibility index (Phi) is 6.89. The van der Waals surface area contributed by atoms with Crippen molar-refractivity contribution in [2.45, 2.75) is 26.4 Å². The van der Waals surface area contributed by atoms with Crippen LogP contribution in [0.15, 0.2) is 78.9 Å². The van der Waals surface area contributed by atoms with Crippen LogP contribution in [0.1, 0.15) is 29.3 Å². The van der Waals surface area contributed by atoms with Crippen LogP contribution < -0.4 is 19.7 Å². The fourth-order valence-corrected chi connectivity index (χ4v) is 4.31. The van der Waals surface area contributed by atoms with Gasteiger partial charge in [-0.1, -0.05) is 24.3 Å². The van der Waals surface area contributed by atoms with Crippen molar-refractivity contribution in [3.05, 3.63) is 90.0 Å². The number of fused-ring (bicyclic) bond motifs is 1. The molecule has 0 aliphatic carbocycles. The van der Waals surface area contributed by atoms with Crippen LogP contribution in [0, 0.1) is 0 Å². The van der Waals surface area contributed by atoms with E-state index in [0.717, 1.165) is 28.4 Å². The third-order valence-electron chi connectivity index (χ3n) is 6.25. The summed E-state index contributed by atoms with van der Waals surface area (Å²) < 4.78 is 12.7. The highest BCUT2D eigenvalue weighted by molar-refractivity contribution is 6.05. The molecule has 1 aliphatic heterocycles. The van der Waals surface area contributed by atoms with E-state index in [4.69, 9.17) is 14.6 Å². The van der Waals surface area contributed by atoms with Crippen molar-refractivity contribution in [2.24, 2.45) is 0 Å². The Balaban J connectivity index is 1.31. The molecule has 8 heteroatoms. The van der Waals surface area contributed by atoms with E-state index < -0.39 is 0 Å². The van der Waals surface area contributed by atoms with Crippen molar-refractivity contribution in [3.8, 4) is 22.8 Å². The average molecular weight is 497 g/mol. The molecule has 0 unspecified atom stereocenters. The van der Waals surface area contributed by atoms with Crippen LogP contribution in [0.2, 0.25) is 0 Å². The van der Waals surface area contributed by atoms with Crippen molar-refractivity contribution in [1.82, 2.24) is 9.78 Å². The summed E-state index contributed by atoms with van der Waals surface area (Å²) in [5, 5.41) is 7.63. The second-order valence-electron chi connectivity index (χ2n) is 8.65. The largest absolute Gasteiger partial charge is 0.497 e. The fourth-order valence-electron chi connectivity index (χ4n) is 4.31. The topological polar surface area (TPSA) is 85.7 Å². The van der Waals surface area contributed by atoms with E-state index in [1.807, 2.05) is 78.3 Å². The molecule has 0 radical (unpaired) electrons. The van der Waals surface area contributed by atoms with Gasteiger partial charge in [0.15, 0.2) is 0 Å². The normalized spacial score (nSPS) is 12.7. The van der Waals surface area contributed by atoms with Crippen molar-refractivity contribution in [3.63, 3.8) is 0 Å². The van der Waals surface area contributed by atoms with Crippen LogP contribution in [0.25, 0.3) is 11.3 Å². The number of carbonyl (C=O) groups excluding carboxylic acids is 2. The molecule has 1 aliphatic rings. The molecule has 5 rings (SSSR count). The first-order valence-corrected chi connectivity index (χ1v) is 12.2. The molecule has 1 aromatic heterocycles. The number of hydrogen-bond donors (Lipinski definition) is 1. The van der Waals surface area contributed by atoms with E-state index in [0.29, 0.717) is 43.1 Å². The molecule has 0 saturated heterocycles. The van der Waals surface area contributed by atoms with Crippen molar-refractivity contribution in [2.75, 3.05) is 23.9 Å². The second kappa shape index (κ2) is 10.6.